The van der Waals surface area contributed by atoms with E-state index in [2.05, 4.69) is 17.5 Å². The maximum absolute atomic E-state index is 9.07. The zero-order valence-corrected chi connectivity index (χ0v) is 6.51. The van der Waals surface area contributed by atoms with E-state index in [-0.39, 0.29) is 6.10 Å². The monoisotopic (exact) mass is 147 g/mol. The molecule has 2 atom stereocenters. The molecule has 1 aliphatic rings. The summed E-state index contributed by atoms with van der Waals surface area (Å²) in [4.78, 5) is 2.16. The molecule has 0 aromatic heterocycles. The Bertz CT molecular complexity index is 97.1. The van der Waals surface area contributed by atoms with Crippen LogP contribution in [-0.4, -0.2) is 34.6 Å². The Hall–Kier alpha value is 0.270. The molecule has 54 valence electrons. The Kier molecular flexibility index (Phi) is 2.38. The summed E-state index contributed by atoms with van der Waals surface area (Å²) in [7, 11) is 0. The van der Waals surface area contributed by atoms with Crippen LogP contribution in [0.4, 0.5) is 0 Å². The highest BCUT2D eigenvalue weighted by atomic mass is 32.1. The van der Waals surface area contributed by atoms with Crippen LogP contribution in [0.15, 0.2) is 0 Å². The third-order valence-corrected chi connectivity index (χ3v) is 2.05. The summed E-state index contributed by atoms with van der Waals surface area (Å²) in [6.45, 7) is 3.82. The van der Waals surface area contributed by atoms with Crippen molar-refractivity contribution < 1.29 is 5.11 Å². The number of aliphatic hydroxyl groups is 1. The number of hydrogen-bond acceptors (Lipinski definition) is 3. The van der Waals surface area contributed by atoms with Crippen molar-refractivity contribution in [2.75, 3.05) is 13.1 Å². The molecule has 0 radical (unpaired) electrons. The van der Waals surface area contributed by atoms with E-state index >= 15 is 0 Å². The summed E-state index contributed by atoms with van der Waals surface area (Å²) < 4.78 is 0. The molecule has 9 heavy (non-hydrogen) atoms. The minimum atomic E-state index is -0.111. The van der Waals surface area contributed by atoms with E-state index in [9.17, 15) is 0 Å². The van der Waals surface area contributed by atoms with Crippen LogP contribution in [0, 0.1) is 0 Å². The normalized spacial score (nSPS) is 33.0. The Morgan fingerprint density at radius 1 is 1.78 bits per heavy atom. The van der Waals surface area contributed by atoms with Crippen molar-refractivity contribution in [1.82, 2.24) is 4.90 Å². The van der Waals surface area contributed by atoms with E-state index in [0.717, 1.165) is 19.5 Å². The number of hydrogen-bond donors (Lipinski definition) is 2. The summed E-state index contributed by atoms with van der Waals surface area (Å²) >= 11 is 4.25. The molecule has 1 saturated heterocycles. The number of rotatable bonds is 1. The number of aliphatic hydroxyl groups excluding tert-OH is 1. The van der Waals surface area contributed by atoms with Gasteiger partial charge in [-0.05, 0) is 13.3 Å². The first-order chi connectivity index (χ1) is 4.20. The third-order valence-electron chi connectivity index (χ3n) is 1.72. The average molecular weight is 147 g/mol. The molecule has 0 aliphatic carbocycles. The zero-order chi connectivity index (χ0) is 6.85. The second kappa shape index (κ2) is 2.90. The van der Waals surface area contributed by atoms with Gasteiger partial charge in [-0.1, -0.05) is 0 Å². The lowest BCUT2D eigenvalue weighted by molar-refractivity contribution is 0.175. The first-order valence-electron chi connectivity index (χ1n) is 3.30. The van der Waals surface area contributed by atoms with Crippen LogP contribution < -0.4 is 0 Å². The highest BCUT2D eigenvalue weighted by molar-refractivity contribution is 7.80. The molecular weight excluding hydrogens is 134 g/mol. The van der Waals surface area contributed by atoms with Crippen LogP contribution in [0.3, 0.4) is 0 Å². The van der Waals surface area contributed by atoms with Gasteiger partial charge in [0.1, 0.15) is 0 Å². The summed E-state index contributed by atoms with van der Waals surface area (Å²) in [5, 5.41) is 9.37. The second-order valence-corrected chi connectivity index (χ2v) is 3.32. The summed E-state index contributed by atoms with van der Waals surface area (Å²) in [5.74, 6) is 0. The predicted molar refractivity (Wildman–Crippen MR) is 40.6 cm³/mol. The molecule has 1 rings (SSSR count). The SMILES string of the molecule is CC(S)N1CC[C@H](O)C1. The van der Waals surface area contributed by atoms with Crippen molar-refractivity contribution >= 4 is 12.6 Å². The Morgan fingerprint density at radius 3 is 2.67 bits per heavy atom. The van der Waals surface area contributed by atoms with Crippen molar-refractivity contribution in [3.05, 3.63) is 0 Å². The van der Waals surface area contributed by atoms with Gasteiger partial charge in [0.05, 0.1) is 6.10 Å². The maximum Gasteiger partial charge on any atom is 0.0679 e. The summed E-state index contributed by atoms with van der Waals surface area (Å²) in [5.41, 5.74) is 0. The van der Waals surface area contributed by atoms with Gasteiger partial charge in [-0.3, -0.25) is 4.90 Å². The molecule has 0 bridgehead atoms. The Morgan fingerprint density at radius 2 is 2.44 bits per heavy atom. The highest BCUT2D eigenvalue weighted by Gasteiger charge is 2.21. The van der Waals surface area contributed by atoms with Gasteiger partial charge >= 0.3 is 0 Å². The first kappa shape index (κ1) is 7.38. The highest BCUT2D eigenvalue weighted by Crippen LogP contribution is 2.13. The van der Waals surface area contributed by atoms with Gasteiger partial charge in [-0.15, -0.1) is 0 Å². The average Bonchev–Trinajstić information content (AvgIpc) is 2.14. The van der Waals surface area contributed by atoms with Crippen molar-refractivity contribution in [2.24, 2.45) is 0 Å². The van der Waals surface area contributed by atoms with E-state index in [1.807, 2.05) is 6.92 Å². The molecule has 0 spiro atoms. The lowest BCUT2D eigenvalue weighted by atomic mass is 10.3. The van der Waals surface area contributed by atoms with Crippen LogP contribution in [0.25, 0.3) is 0 Å². The molecule has 0 amide bonds. The smallest absolute Gasteiger partial charge is 0.0679 e. The molecule has 2 nitrogen and oxygen atoms in total. The van der Waals surface area contributed by atoms with Gasteiger partial charge in [-0.2, -0.15) is 12.6 Å². The van der Waals surface area contributed by atoms with E-state index in [4.69, 9.17) is 5.11 Å². The van der Waals surface area contributed by atoms with Crippen LogP contribution in [0.5, 0.6) is 0 Å². The van der Waals surface area contributed by atoms with Gasteiger partial charge in [0.2, 0.25) is 0 Å². The van der Waals surface area contributed by atoms with E-state index in [1.54, 1.807) is 0 Å². The van der Waals surface area contributed by atoms with Crippen LogP contribution in [0.1, 0.15) is 13.3 Å². The van der Waals surface area contributed by atoms with Crippen molar-refractivity contribution in [3.63, 3.8) is 0 Å². The van der Waals surface area contributed by atoms with E-state index in [1.165, 1.54) is 0 Å². The minimum Gasteiger partial charge on any atom is -0.392 e. The van der Waals surface area contributed by atoms with Gasteiger partial charge in [-0.25, -0.2) is 0 Å². The van der Waals surface area contributed by atoms with Crippen molar-refractivity contribution in [1.29, 1.82) is 0 Å². The molecule has 1 fully saturated rings. The Balaban J connectivity index is 2.30. The first-order valence-corrected chi connectivity index (χ1v) is 3.82. The topological polar surface area (TPSA) is 23.5 Å². The van der Waals surface area contributed by atoms with E-state index < -0.39 is 0 Å². The number of β-amino-alcohol motifs (C(OH)–C–C–N with tert-alkyl or cyclic N) is 1. The summed E-state index contributed by atoms with van der Waals surface area (Å²) in [6.07, 6.45) is 0.796. The van der Waals surface area contributed by atoms with Gasteiger partial charge in [0.25, 0.3) is 0 Å². The molecule has 1 aliphatic heterocycles. The zero-order valence-electron chi connectivity index (χ0n) is 5.62. The quantitative estimate of drug-likeness (QED) is 0.522. The molecule has 0 aromatic rings. The van der Waals surface area contributed by atoms with Gasteiger partial charge in [0.15, 0.2) is 0 Å². The Labute approximate surface area is 61.3 Å². The minimum absolute atomic E-state index is 0.111. The molecule has 0 saturated carbocycles. The fraction of sp³-hybridized carbons (Fsp3) is 1.00. The van der Waals surface area contributed by atoms with Crippen molar-refractivity contribution in [3.8, 4) is 0 Å². The largest absolute Gasteiger partial charge is 0.392 e. The lowest BCUT2D eigenvalue weighted by Crippen LogP contribution is -2.27. The number of thiol groups is 1. The summed E-state index contributed by atoms with van der Waals surface area (Å²) in [6, 6.07) is 0. The van der Waals surface area contributed by atoms with E-state index in [0.29, 0.717) is 5.37 Å². The molecule has 1 heterocycles. The fourth-order valence-corrected chi connectivity index (χ4v) is 1.32. The third kappa shape index (κ3) is 1.85. The lowest BCUT2D eigenvalue weighted by Gasteiger charge is -2.17. The molecule has 0 aromatic carbocycles. The molecule has 3 heteroatoms. The standard InChI is InChI=1S/C6H13NOS/c1-5(9)7-3-2-6(8)4-7/h5-6,8-9H,2-4H2,1H3/t5?,6-/m0/s1. The van der Waals surface area contributed by atoms with Crippen molar-refractivity contribution in [2.45, 2.75) is 24.8 Å². The molecular formula is C6H13NOS. The second-order valence-electron chi connectivity index (χ2n) is 2.57. The fourth-order valence-electron chi connectivity index (χ4n) is 1.11. The molecule has 1 N–H and O–H groups in total. The van der Waals surface area contributed by atoms with Crippen LogP contribution in [-0.2, 0) is 0 Å². The van der Waals surface area contributed by atoms with Crippen LogP contribution in [0.2, 0.25) is 0 Å². The van der Waals surface area contributed by atoms with Gasteiger partial charge in [0, 0.05) is 18.5 Å². The number of likely N-dealkylation sites (tertiary alicyclic amines) is 1. The van der Waals surface area contributed by atoms with Gasteiger partial charge < -0.3 is 5.11 Å². The molecule has 1 unspecified atom stereocenters. The number of nitrogens with zero attached hydrogens (tertiary/aromatic N) is 1. The maximum atomic E-state index is 9.07. The van der Waals surface area contributed by atoms with Crippen LogP contribution >= 0.6 is 12.6 Å². The predicted octanol–water partition coefficient (Wildman–Crippen LogP) is 0.329.